The molecular weight excluding hydrogens is 747 g/mol. The molecule has 1 aliphatic rings. The van der Waals surface area contributed by atoms with Gasteiger partial charge in [-0.05, 0) is 58.9 Å². The first kappa shape index (κ1) is 39.1. The van der Waals surface area contributed by atoms with Crippen molar-refractivity contribution in [1.82, 2.24) is 25.2 Å². The highest BCUT2D eigenvalue weighted by Gasteiger charge is 2.33. The van der Waals surface area contributed by atoms with E-state index in [9.17, 15) is 18.3 Å². The van der Waals surface area contributed by atoms with E-state index in [4.69, 9.17) is 9.47 Å². The number of hydrogen-bond donors (Lipinski definition) is 4. The Morgan fingerprint density at radius 1 is 0.875 bits per heavy atom. The van der Waals surface area contributed by atoms with Crippen LogP contribution >= 0.6 is 11.8 Å². The smallest absolute Gasteiger partial charge is 0.241 e. The Labute approximate surface area is 331 Å². The Morgan fingerprint density at radius 3 is 2.30 bits per heavy atom. The van der Waals surface area contributed by atoms with Gasteiger partial charge in [-0.1, -0.05) is 133 Å². The number of thioether (sulfide) groups is 1. The van der Waals surface area contributed by atoms with Crippen LogP contribution in [0.4, 0.5) is 0 Å². The molecule has 6 aromatic rings. The van der Waals surface area contributed by atoms with Gasteiger partial charge in [0.25, 0.3) is 0 Å². The summed E-state index contributed by atoms with van der Waals surface area (Å²) in [6, 6.07) is 38.4. The van der Waals surface area contributed by atoms with Crippen LogP contribution < -0.4 is 10.0 Å². The van der Waals surface area contributed by atoms with Gasteiger partial charge in [-0.2, -0.15) is 9.82 Å². The summed E-state index contributed by atoms with van der Waals surface area (Å²) in [4.78, 5) is 18.1. The maximum atomic E-state index is 13.8. The van der Waals surface area contributed by atoms with Crippen molar-refractivity contribution in [3.63, 3.8) is 0 Å². The Bertz CT molecular complexity index is 2290. The third kappa shape index (κ3) is 9.98. The number of benzene rings is 5. The summed E-state index contributed by atoms with van der Waals surface area (Å²) in [7, 11) is -3.98. The summed E-state index contributed by atoms with van der Waals surface area (Å²) >= 11 is 1.54. The molecule has 13 heteroatoms. The molecule has 0 bridgehead atoms. The van der Waals surface area contributed by atoms with Crippen molar-refractivity contribution in [3.8, 4) is 11.1 Å². The Balaban J connectivity index is 1.06. The molecule has 1 aromatic heterocycles. The van der Waals surface area contributed by atoms with E-state index in [1.165, 1.54) is 30.2 Å². The Morgan fingerprint density at radius 2 is 1.59 bits per heavy atom. The Hall–Kier alpha value is -5.15. The molecule has 4 N–H and O–H groups in total. The minimum absolute atomic E-state index is 0.0271. The van der Waals surface area contributed by atoms with Crippen molar-refractivity contribution in [3.05, 3.63) is 167 Å². The molecule has 11 nitrogen and oxygen atoms in total. The first-order chi connectivity index (χ1) is 27.2. The van der Waals surface area contributed by atoms with Crippen LogP contribution in [-0.2, 0) is 43.9 Å². The van der Waals surface area contributed by atoms with Crippen LogP contribution in [-0.4, -0.2) is 52.5 Å². The van der Waals surface area contributed by atoms with E-state index in [1.807, 2.05) is 110 Å². The molecule has 4 atom stereocenters. The molecule has 0 saturated carbocycles. The van der Waals surface area contributed by atoms with Gasteiger partial charge in [0.05, 0.1) is 23.7 Å². The molecule has 0 radical (unpaired) electrons. The maximum absolute atomic E-state index is 13.8. The second kappa shape index (κ2) is 18.2. The zero-order chi connectivity index (χ0) is 38.9. The highest BCUT2D eigenvalue weighted by atomic mass is 32.2. The van der Waals surface area contributed by atoms with Crippen molar-refractivity contribution in [2.45, 2.75) is 67.5 Å². The molecule has 5 aromatic carbocycles. The number of ether oxygens (including phenoxy) is 2. The van der Waals surface area contributed by atoms with Crippen molar-refractivity contribution >= 4 is 27.7 Å². The van der Waals surface area contributed by atoms with E-state index in [1.54, 1.807) is 12.1 Å². The molecule has 7 rings (SSSR count). The fourth-order valence-electron chi connectivity index (χ4n) is 6.55. The minimum atomic E-state index is -3.98. The summed E-state index contributed by atoms with van der Waals surface area (Å²) in [5, 5.41) is 20.1. The molecule has 1 aliphatic heterocycles. The Kier molecular flexibility index (Phi) is 12.7. The van der Waals surface area contributed by atoms with Gasteiger partial charge in [0.1, 0.15) is 12.4 Å². The third-order valence-corrected chi connectivity index (χ3v) is 12.1. The third-order valence-electron chi connectivity index (χ3n) is 9.61. The summed E-state index contributed by atoms with van der Waals surface area (Å²) in [6.07, 6.45) is 1.32. The van der Waals surface area contributed by atoms with Crippen molar-refractivity contribution in [2.75, 3.05) is 5.75 Å². The highest BCUT2D eigenvalue weighted by Crippen LogP contribution is 2.40. The van der Waals surface area contributed by atoms with Crippen molar-refractivity contribution in [2.24, 2.45) is 0 Å². The lowest BCUT2D eigenvalue weighted by Gasteiger charge is -2.36. The molecule has 1 amide bonds. The van der Waals surface area contributed by atoms with Gasteiger partial charge < -0.3 is 19.9 Å². The number of sulfonamides is 1. The number of aromatic nitrogens is 3. The number of aryl methyl sites for hydroxylation is 1. The molecule has 0 aliphatic carbocycles. The zero-order valence-electron chi connectivity index (χ0n) is 30.7. The molecule has 2 heterocycles. The number of aliphatic hydroxyl groups is 1. The van der Waals surface area contributed by atoms with E-state index in [0.717, 1.165) is 49.7 Å². The molecule has 0 spiro atoms. The van der Waals surface area contributed by atoms with Gasteiger partial charge >= 0.3 is 0 Å². The van der Waals surface area contributed by atoms with Crippen LogP contribution in [0.1, 0.15) is 52.2 Å². The van der Waals surface area contributed by atoms with Crippen LogP contribution in [0.15, 0.2) is 144 Å². The monoisotopic (exact) mass is 789 g/mol. The quantitative estimate of drug-likeness (QED) is 0.0821. The minimum Gasteiger partial charge on any atom is -0.392 e. The topological polar surface area (TPSA) is 156 Å². The molecule has 1 saturated heterocycles. The molecule has 1 fully saturated rings. The van der Waals surface area contributed by atoms with Crippen LogP contribution in [0.3, 0.4) is 0 Å². The number of amides is 1. The van der Waals surface area contributed by atoms with Gasteiger partial charge in [0.15, 0.2) is 11.4 Å². The lowest BCUT2D eigenvalue weighted by Crippen LogP contribution is -2.47. The second-order valence-corrected chi connectivity index (χ2v) is 16.3. The number of aliphatic hydroxyl groups excluding tert-OH is 1. The van der Waals surface area contributed by atoms with Crippen LogP contribution in [0.5, 0.6) is 0 Å². The number of nitrogens with one attached hydrogen (secondary N) is 3. The van der Waals surface area contributed by atoms with Gasteiger partial charge in [-0.25, -0.2) is 13.4 Å². The lowest BCUT2D eigenvalue weighted by molar-refractivity contribution is -0.245. The number of H-pyrrole nitrogens is 1. The first-order valence-electron chi connectivity index (χ1n) is 18.3. The largest absolute Gasteiger partial charge is 0.392 e. The second-order valence-electron chi connectivity index (χ2n) is 13.6. The van der Waals surface area contributed by atoms with E-state index >= 15 is 0 Å². The summed E-state index contributed by atoms with van der Waals surface area (Å²) in [5.41, 5.74) is 7.19. The van der Waals surface area contributed by atoms with Gasteiger partial charge in [-0.15, -0.1) is 0 Å². The van der Waals surface area contributed by atoms with E-state index in [-0.39, 0.29) is 36.7 Å². The number of carbonyl (C=O) groups excluding carboxylic acids is 1. The molecule has 4 unspecified atom stereocenters. The van der Waals surface area contributed by atoms with Crippen molar-refractivity contribution in [1.29, 1.82) is 0 Å². The predicted octanol–water partition coefficient (Wildman–Crippen LogP) is 6.82. The molecular formula is C43H43N5O6S2. The average Bonchev–Trinajstić information content (AvgIpc) is 3.76. The SMILES string of the molecule is Cc1ccc(S(=O)(=O)NC(Cc2ccccc2)C(=O)NCc2ccccc2-c2ccc(C3OC(CSc4ncn[nH]4)CC(c4ccc(CO)cc4)O3)cc2)cc1. The normalized spacial score (nSPS) is 17.6. The van der Waals surface area contributed by atoms with E-state index in [2.05, 4.69) is 25.2 Å². The molecule has 288 valence electrons. The van der Waals surface area contributed by atoms with E-state index in [0.29, 0.717) is 12.2 Å². The van der Waals surface area contributed by atoms with Gasteiger partial charge in [0.2, 0.25) is 15.9 Å². The predicted molar refractivity (Wildman–Crippen MR) is 215 cm³/mol. The highest BCUT2D eigenvalue weighted by molar-refractivity contribution is 7.99. The zero-order valence-corrected chi connectivity index (χ0v) is 32.4. The van der Waals surface area contributed by atoms with Gasteiger partial charge in [0, 0.05) is 24.3 Å². The number of nitrogens with zero attached hydrogens (tertiary/aromatic N) is 2. The lowest BCUT2D eigenvalue weighted by atomic mass is 9.97. The van der Waals surface area contributed by atoms with Crippen LogP contribution in [0.2, 0.25) is 0 Å². The average molecular weight is 790 g/mol. The standard InChI is InChI=1S/C43H43N5O6S2/c1-29-11-21-37(22-12-29)56(51,52)48-39(23-30-7-3-2-4-8-30)41(50)44-25-35-9-5-6-10-38(35)32-17-19-34(20-18-32)42-53-36(27-55-43-45-28-46-47-43)24-40(54-42)33-15-13-31(26-49)14-16-33/h2-22,28,36,39-40,42,48-49H,23-27H2,1H3,(H,44,50)(H,45,46,47). The van der Waals surface area contributed by atoms with E-state index < -0.39 is 28.3 Å². The fourth-order valence-corrected chi connectivity index (χ4v) is 8.54. The summed E-state index contributed by atoms with van der Waals surface area (Å²) in [5.74, 6) is 0.217. The summed E-state index contributed by atoms with van der Waals surface area (Å²) < 4.78 is 42.5. The number of rotatable bonds is 15. The molecule has 56 heavy (non-hydrogen) atoms. The number of hydrogen-bond acceptors (Lipinski definition) is 9. The number of aromatic amines is 1. The maximum Gasteiger partial charge on any atom is 0.241 e. The fraction of sp³-hybridized carbons (Fsp3) is 0.233. The van der Waals surface area contributed by atoms with Crippen LogP contribution in [0, 0.1) is 6.92 Å². The van der Waals surface area contributed by atoms with Crippen molar-refractivity contribution < 1.29 is 27.8 Å². The summed E-state index contributed by atoms with van der Waals surface area (Å²) in [6.45, 7) is 2.04. The number of carbonyl (C=O) groups is 1. The van der Waals surface area contributed by atoms with Crippen LogP contribution in [0.25, 0.3) is 11.1 Å². The van der Waals surface area contributed by atoms with Gasteiger partial charge in [-0.3, -0.25) is 9.89 Å². The first-order valence-corrected chi connectivity index (χ1v) is 20.8.